The number of halogens is 1. The zero-order valence-electron chi connectivity index (χ0n) is 8.13. The molecular formula is C11H13FN2. The standard InChI is InChI=1S/C11H13FN2/c1-3-4-5-14-9(2)10-6-11(12)8-13-7-10/h1,6-9,14H,4-5H2,2H3. The molecule has 1 aromatic rings. The van der Waals surface area contributed by atoms with Gasteiger partial charge >= 0.3 is 0 Å². The number of terminal acetylenes is 1. The fourth-order valence-corrected chi connectivity index (χ4v) is 1.14. The first-order valence-electron chi connectivity index (χ1n) is 4.51. The predicted octanol–water partition coefficient (Wildman–Crippen LogP) is 1.89. The molecule has 1 rings (SSSR count). The fraction of sp³-hybridized carbons (Fsp3) is 0.364. The number of hydrogen-bond donors (Lipinski definition) is 1. The van der Waals surface area contributed by atoms with E-state index in [-0.39, 0.29) is 11.9 Å². The Kier molecular flexibility index (Phi) is 4.09. The van der Waals surface area contributed by atoms with Crippen LogP contribution >= 0.6 is 0 Å². The lowest BCUT2D eigenvalue weighted by Crippen LogP contribution is -2.19. The van der Waals surface area contributed by atoms with Gasteiger partial charge in [-0.3, -0.25) is 4.98 Å². The first-order chi connectivity index (χ1) is 6.74. The largest absolute Gasteiger partial charge is 0.309 e. The number of hydrogen-bond acceptors (Lipinski definition) is 2. The van der Waals surface area contributed by atoms with E-state index in [2.05, 4.69) is 16.2 Å². The minimum Gasteiger partial charge on any atom is -0.309 e. The highest BCUT2D eigenvalue weighted by Gasteiger charge is 2.04. The number of aromatic nitrogens is 1. The number of nitrogens with zero attached hydrogens (tertiary/aromatic N) is 1. The van der Waals surface area contributed by atoms with E-state index < -0.39 is 0 Å². The second kappa shape index (κ2) is 5.36. The summed E-state index contributed by atoms with van der Waals surface area (Å²) in [6.07, 6.45) is 8.63. The van der Waals surface area contributed by atoms with Crippen LogP contribution in [0.1, 0.15) is 24.9 Å². The normalized spacial score (nSPS) is 12.1. The van der Waals surface area contributed by atoms with Crippen molar-refractivity contribution in [1.82, 2.24) is 10.3 Å². The van der Waals surface area contributed by atoms with Gasteiger partial charge in [-0.2, -0.15) is 0 Å². The molecule has 0 saturated heterocycles. The quantitative estimate of drug-likeness (QED) is 0.582. The Morgan fingerprint density at radius 3 is 3.07 bits per heavy atom. The molecule has 74 valence electrons. The van der Waals surface area contributed by atoms with E-state index in [0.29, 0.717) is 6.42 Å². The minimum atomic E-state index is -0.312. The Bertz CT molecular complexity index is 330. The summed E-state index contributed by atoms with van der Waals surface area (Å²) < 4.78 is 12.8. The summed E-state index contributed by atoms with van der Waals surface area (Å²) >= 11 is 0. The Morgan fingerprint density at radius 2 is 2.43 bits per heavy atom. The van der Waals surface area contributed by atoms with Gasteiger partial charge in [0.05, 0.1) is 6.20 Å². The molecule has 0 spiro atoms. The number of rotatable bonds is 4. The molecule has 1 atom stereocenters. The lowest BCUT2D eigenvalue weighted by Gasteiger charge is -2.12. The van der Waals surface area contributed by atoms with Crippen molar-refractivity contribution in [1.29, 1.82) is 0 Å². The van der Waals surface area contributed by atoms with Crippen LogP contribution in [0.15, 0.2) is 18.5 Å². The molecule has 0 fully saturated rings. The highest BCUT2D eigenvalue weighted by Crippen LogP contribution is 2.11. The van der Waals surface area contributed by atoms with Gasteiger partial charge in [0.25, 0.3) is 0 Å². The van der Waals surface area contributed by atoms with Gasteiger partial charge in [-0.15, -0.1) is 12.3 Å². The molecule has 0 bridgehead atoms. The van der Waals surface area contributed by atoms with Gasteiger partial charge in [0.15, 0.2) is 0 Å². The van der Waals surface area contributed by atoms with Gasteiger partial charge in [-0.1, -0.05) is 0 Å². The van der Waals surface area contributed by atoms with Crippen LogP contribution in [0.2, 0.25) is 0 Å². The lowest BCUT2D eigenvalue weighted by molar-refractivity contribution is 0.568. The van der Waals surface area contributed by atoms with E-state index in [9.17, 15) is 4.39 Å². The zero-order chi connectivity index (χ0) is 10.4. The van der Waals surface area contributed by atoms with Crippen molar-refractivity contribution in [2.24, 2.45) is 0 Å². The van der Waals surface area contributed by atoms with Crippen LogP contribution in [-0.2, 0) is 0 Å². The third kappa shape index (κ3) is 3.15. The molecule has 0 aromatic carbocycles. The highest BCUT2D eigenvalue weighted by molar-refractivity contribution is 5.14. The molecule has 0 radical (unpaired) electrons. The Morgan fingerprint density at radius 1 is 1.64 bits per heavy atom. The second-order valence-electron chi connectivity index (χ2n) is 3.07. The number of pyridine rings is 1. The summed E-state index contributed by atoms with van der Waals surface area (Å²) in [6.45, 7) is 2.68. The first-order valence-corrected chi connectivity index (χ1v) is 4.51. The zero-order valence-corrected chi connectivity index (χ0v) is 8.13. The van der Waals surface area contributed by atoms with E-state index in [1.54, 1.807) is 6.20 Å². The molecule has 2 nitrogen and oxygen atoms in total. The van der Waals surface area contributed by atoms with Gasteiger partial charge in [0.1, 0.15) is 5.82 Å². The van der Waals surface area contributed by atoms with Gasteiger partial charge < -0.3 is 5.32 Å². The summed E-state index contributed by atoms with van der Waals surface area (Å²) in [4.78, 5) is 3.78. The molecule has 0 amide bonds. The fourth-order valence-electron chi connectivity index (χ4n) is 1.14. The Labute approximate surface area is 83.6 Å². The van der Waals surface area contributed by atoms with Crippen molar-refractivity contribution >= 4 is 0 Å². The maximum atomic E-state index is 12.8. The monoisotopic (exact) mass is 192 g/mol. The predicted molar refractivity (Wildman–Crippen MR) is 54.1 cm³/mol. The highest BCUT2D eigenvalue weighted by atomic mass is 19.1. The van der Waals surface area contributed by atoms with Gasteiger partial charge in [-0.05, 0) is 18.6 Å². The maximum absolute atomic E-state index is 12.8. The van der Waals surface area contributed by atoms with Crippen molar-refractivity contribution in [2.75, 3.05) is 6.54 Å². The molecule has 14 heavy (non-hydrogen) atoms. The third-order valence-corrected chi connectivity index (χ3v) is 1.95. The van der Waals surface area contributed by atoms with Crippen molar-refractivity contribution in [2.45, 2.75) is 19.4 Å². The van der Waals surface area contributed by atoms with Gasteiger partial charge in [-0.25, -0.2) is 4.39 Å². The molecule has 0 aliphatic carbocycles. The Hall–Kier alpha value is -1.40. The molecule has 1 N–H and O–H groups in total. The average molecular weight is 192 g/mol. The van der Waals surface area contributed by atoms with Crippen molar-refractivity contribution in [3.05, 3.63) is 29.8 Å². The minimum absolute atomic E-state index is 0.0755. The molecule has 0 saturated carbocycles. The SMILES string of the molecule is C#CCCNC(C)c1cncc(F)c1. The smallest absolute Gasteiger partial charge is 0.141 e. The Balaban J connectivity index is 2.52. The van der Waals surface area contributed by atoms with Crippen LogP contribution in [0.3, 0.4) is 0 Å². The van der Waals surface area contributed by atoms with Crippen molar-refractivity contribution in [3.63, 3.8) is 0 Å². The first kappa shape index (κ1) is 10.7. The van der Waals surface area contributed by atoms with Gasteiger partial charge in [0, 0.05) is 25.2 Å². The molecule has 3 heteroatoms. The van der Waals surface area contributed by atoms with Crippen molar-refractivity contribution < 1.29 is 4.39 Å². The third-order valence-electron chi connectivity index (χ3n) is 1.95. The van der Waals surface area contributed by atoms with E-state index in [1.165, 1.54) is 12.3 Å². The number of nitrogens with one attached hydrogen (secondary N) is 1. The summed E-state index contributed by atoms with van der Waals surface area (Å²) in [5.74, 6) is 2.22. The van der Waals surface area contributed by atoms with Crippen LogP contribution in [0.4, 0.5) is 4.39 Å². The van der Waals surface area contributed by atoms with E-state index in [0.717, 1.165) is 12.1 Å². The summed E-state index contributed by atoms with van der Waals surface area (Å²) in [6, 6.07) is 1.55. The van der Waals surface area contributed by atoms with Crippen LogP contribution < -0.4 is 5.32 Å². The van der Waals surface area contributed by atoms with Crippen LogP contribution in [0, 0.1) is 18.2 Å². The molecule has 0 aliphatic rings. The van der Waals surface area contributed by atoms with Crippen LogP contribution in [0.5, 0.6) is 0 Å². The van der Waals surface area contributed by atoms with Crippen LogP contribution in [0.25, 0.3) is 0 Å². The van der Waals surface area contributed by atoms with E-state index in [4.69, 9.17) is 6.42 Å². The van der Waals surface area contributed by atoms with Crippen LogP contribution in [-0.4, -0.2) is 11.5 Å². The van der Waals surface area contributed by atoms with Crippen molar-refractivity contribution in [3.8, 4) is 12.3 Å². The average Bonchev–Trinajstić information content (AvgIpc) is 2.18. The molecule has 1 heterocycles. The maximum Gasteiger partial charge on any atom is 0.141 e. The summed E-state index contributed by atoms with van der Waals surface area (Å²) in [7, 11) is 0. The molecule has 1 unspecified atom stereocenters. The lowest BCUT2D eigenvalue weighted by atomic mass is 10.1. The second-order valence-corrected chi connectivity index (χ2v) is 3.07. The van der Waals surface area contributed by atoms with E-state index in [1.807, 2.05) is 6.92 Å². The van der Waals surface area contributed by atoms with Gasteiger partial charge in [0.2, 0.25) is 0 Å². The van der Waals surface area contributed by atoms with E-state index >= 15 is 0 Å². The summed E-state index contributed by atoms with van der Waals surface area (Å²) in [5, 5.41) is 3.18. The molecule has 0 aliphatic heterocycles. The summed E-state index contributed by atoms with van der Waals surface area (Å²) in [5.41, 5.74) is 0.835. The molecule has 1 aromatic heterocycles. The molecular weight excluding hydrogens is 179 g/mol. The topological polar surface area (TPSA) is 24.9 Å².